The zero-order valence-electron chi connectivity index (χ0n) is 8.74. The molecule has 0 spiro atoms. The van der Waals surface area contributed by atoms with Gasteiger partial charge in [-0.05, 0) is 17.7 Å². The summed E-state index contributed by atoms with van der Waals surface area (Å²) < 4.78 is 0. The zero-order valence-corrected chi connectivity index (χ0v) is 8.74. The van der Waals surface area contributed by atoms with Gasteiger partial charge in [0.2, 0.25) is 0 Å². The molecule has 0 amide bonds. The van der Waals surface area contributed by atoms with Gasteiger partial charge in [-0.1, -0.05) is 30.4 Å². The highest BCUT2D eigenvalue weighted by molar-refractivity contribution is 5.61. The van der Waals surface area contributed by atoms with Gasteiger partial charge in [0.15, 0.2) is 5.82 Å². The van der Waals surface area contributed by atoms with E-state index >= 15 is 0 Å². The summed E-state index contributed by atoms with van der Waals surface area (Å²) in [5, 5.41) is 8.70. The third kappa shape index (κ3) is 2.52. The summed E-state index contributed by atoms with van der Waals surface area (Å²) >= 11 is 0. The van der Waals surface area contributed by atoms with Crippen LogP contribution in [0.15, 0.2) is 48.8 Å². The molecule has 1 aromatic carbocycles. The van der Waals surface area contributed by atoms with Crippen molar-refractivity contribution in [2.24, 2.45) is 0 Å². The van der Waals surface area contributed by atoms with E-state index in [0.29, 0.717) is 5.82 Å². The maximum atomic E-state index is 8.70. The molecule has 0 aliphatic rings. The Morgan fingerprint density at radius 1 is 1.12 bits per heavy atom. The van der Waals surface area contributed by atoms with Gasteiger partial charge in [0.1, 0.15) is 0 Å². The second kappa shape index (κ2) is 5.19. The minimum absolute atomic E-state index is 0.0477. The Labute approximate surface area is 94.1 Å². The van der Waals surface area contributed by atoms with Crippen LogP contribution in [0, 0.1) is 0 Å². The number of aromatic nitrogens is 2. The lowest BCUT2D eigenvalue weighted by Gasteiger charge is -2.00. The van der Waals surface area contributed by atoms with Crippen molar-refractivity contribution in [3.63, 3.8) is 0 Å². The molecule has 0 bridgehead atoms. The van der Waals surface area contributed by atoms with Crippen molar-refractivity contribution in [3.8, 4) is 11.4 Å². The standard InChI is InChI=1S/C13H12N2O/c16-9-2-5-11-4-1-6-12(10-11)13-14-7-3-8-15-13/h1-8,10,16H,9H2. The minimum Gasteiger partial charge on any atom is -0.392 e. The molecule has 1 aromatic heterocycles. The topological polar surface area (TPSA) is 46.0 Å². The largest absolute Gasteiger partial charge is 0.392 e. The second-order valence-electron chi connectivity index (χ2n) is 3.28. The van der Waals surface area contributed by atoms with Crippen LogP contribution in [0.3, 0.4) is 0 Å². The monoisotopic (exact) mass is 212 g/mol. The van der Waals surface area contributed by atoms with Gasteiger partial charge >= 0.3 is 0 Å². The molecule has 3 heteroatoms. The van der Waals surface area contributed by atoms with E-state index in [1.54, 1.807) is 24.5 Å². The molecule has 2 rings (SSSR count). The Morgan fingerprint density at radius 3 is 2.69 bits per heavy atom. The number of hydrogen-bond donors (Lipinski definition) is 1. The van der Waals surface area contributed by atoms with Crippen LogP contribution in [-0.4, -0.2) is 21.7 Å². The fourth-order valence-electron chi connectivity index (χ4n) is 1.42. The average molecular weight is 212 g/mol. The van der Waals surface area contributed by atoms with Gasteiger partial charge in [-0.3, -0.25) is 0 Å². The van der Waals surface area contributed by atoms with Crippen LogP contribution in [0.1, 0.15) is 5.56 Å². The molecule has 80 valence electrons. The second-order valence-corrected chi connectivity index (χ2v) is 3.28. The molecule has 0 saturated carbocycles. The predicted octanol–water partition coefficient (Wildman–Crippen LogP) is 2.15. The Balaban J connectivity index is 2.33. The number of benzene rings is 1. The fraction of sp³-hybridized carbons (Fsp3) is 0.0769. The Kier molecular flexibility index (Phi) is 3.41. The average Bonchev–Trinajstić information content (AvgIpc) is 2.38. The van der Waals surface area contributed by atoms with Gasteiger partial charge in [-0.2, -0.15) is 0 Å². The molecular formula is C13H12N2O. The van der Waals surface area contributed by atoms with Crippen LogP contribution in [0.5, 0.6) is 0 Å². The molecule has 0 atom stereocenters. The van der Waals surface area contributed by atoms with E-state index in [0.717, 1.165) is 11.1 Å². The molecule has 0 radical (unpaired) electrons. The lowest BCUT2D eigenvalue weighted by molar-refractivity contribution is 0.343. The zero-order chi connectivity index (χ0) is 11.2. The van der Waals surface area contributed by atoms with Crippen molar-refractivity contribution >= 4 is 6.08 Å². The smallest absolute Gasteiger partial charge is 0.159 e. The van der Waals surface area contributed by atoms with Crippen molar-refractivity contribution < 1.29 is 5.11 Å². The first-order valence-corrected chi connectivity index (χ1v) is 5.05. The van der Waals surface area contributed by atoms with Crippen molar-refractivity contribution in [2.45, 2.75) is 0 Å². The van der Waals surface area contributed by atoms with Crippen LogP contribution in [-0.2, 0) is 0 Å². The lowest BCUT2D eigenvalue weighted by Crippen LogP contribution is -1.86. The van der Waals surface area contributed by atoms with Gasteiger partial charge < -0.3 is 5.11 Å². The molecule has 0 unspecified atom stereocenters. The van der Waals surface area contributed by atoms with Crippen LogP contribution < -0.4 is 0 Å². The molecule has 0 aliphatic carbocycles. The third-order valence-corrected chi connectivity index (χ3v) is 2.13. The quantitative estimate of drug-likeness (QED) is 0.847. The molecular weight excluding hydrogens is 200 g/mol. The molecule has 0 fully saturated rings. The number of nitrogens with zero attached hydrogens (tertiary/aromatic N) is 2. The Hall–Kier alpha value is -2.00. The molecule has 3 nitrogen and oxygen atoms in total. The van der Waals surface area contributed by atoms with Gasteiger partial charge in [0, 0.05) is 18.0 Å². The molecule has 16 heavy (non-hydrogen) atoms. The summed E-state index contributed by atoms with van der Waals surface area (Å²) in [7, 11) is 0. The maximum Gasteiger partial charge on any atom is 0.159 e. The number of rotatable bonds is 3. The Bertz CT molecular complexity index is 480. The lowest BCUT2D eigenvalue weighted by atomic mass is 10.1. The summed E-state index contributed by atoms with van der Waals surface area (Å²) in [5.74, 6) is 0.710. The number of hydrogen-bond acceptors (Lipinski definition) is 3. The van der Waals surface area contributed by atoms with Crippen molar-refractivity contribution in [2.75, 3.05) is 6.61 Å². The first-order chi connectivity index (χ1) is 7.90. The minimum atomic E-state index is 0.0477. The van der Waals surface area contributed by atoms with E-state index in [9.17, 15) is 0 Å². The maximum absolute atomic E-state index is 8.70. The molecule has 2 aromatic rings. The SMILES string of the molecule is OCC=Cc1cccc(-c2ncccn2)c1. The van der Waals surface area contributed by atoms with E-state index in [1.807, 2.05) is 30.3 Å². The summed E-state index contributed by atoms with van der Waals surface area (Å²) in [6.07, 6.45) is 7.01. The summed E-state index contributed by atoms with van der Waals surface area (Å²) in [6.45, 7) is 0.0477. The van der Waals surface area contributed by atoms with Crippen molar-refractivity contribution in [3.05, 3.63) is 54.4 Å². The van der Waals surface area contributed by atoms with Gasteiger partial charge in [0.25, 0.3) is 0 Å². The number of aliphatic hydroxyl groups excluding tert-OH is 1. The van der Waals surface area contributed by atoms with Crippen LogP contribution in [0.2, 0.25) is 0 Å². The van der Waals surface area contributed by atoms with E-state index in [1.165, 1.54) is 0 Å². The van der Waals surface area contributed by atoms with Crippen molar-refractivity contribution in [1.29, 1.82) is 0 Å². The summed E-state index contributed by atoms with van der Waals surface area (Å²) in [6, 6.07) is 9.66. The highest BCUT2D eigenvalue weighted by atomic mass is 16.2. The highest BCUT2D eigenvalue weighted by Gasteiger charge is 1.99. The van der Waals surface area contributed by atoms with E-state index in [4.69, 9.17) is 5.11 Å². The first kappa shape index (κ1) is 10.5. The molecule has 0 aliphatic heterocycles. The Morgan fingerprint density at radius 2 is 1.94 bits per heavy atom. The van der Waals surface area contributed by atoms with Gasteiger partial charge in [-0.15, -0.1) is 0 Å². The summed E-state index contributed by atoms with van der Waals surface area (Å²) in [5.41, 5.74) is 2.00. The molecule has 0 saturated heterocycles. The normalized spacial score (nSPS) is 10.8. The van der Waals surface area contributed by atoms with Gasteiger partial charge in [0.05, 0.1) is 6.61 Å². The molecule has 1 N–H and O–H groups in total. The highest BCUT2D eigenvalue weighted by Crippen LogP contribution is 2.16. The fourth-order valence-corrected chi connectivity index (χ4v) is 1.42. The van der Waals surface area contributed by atoms with Crippen LogP contribution >= 0.6 is 0 Å². The van der Waals surface area contributed by atoms with Crippen LogP contribution in [0.4, 0.5) is 0 Å². The van der Waals surface area contributed by atoms with E-state index in [2.05, 4.69) is 9.97 Å². The van der Waals surface area contributed by atoms with Crippen LogP contribution in [0.25, 0.3) is 17.5 Å². The predicted molar refractivity (Wildman–Crippen MR) is 63.6 cm³/mol. The van der Waals surface area contributed by atoms with E-state index in [-0.39, 0.29) is 6.61 Å². The van der Waals surface area contributed by atoms with E-state index < -0.39 is 0 Å². The van der Waals surface area contributed by atoms with Gasteiger partial charge in [-0.25, -0.2) is 9.97 Å². The number of aliphatic hydroxyl groups is 1. The van der Waals surface area contributed by atoms with Crippen molar-refractivity contribution in [1.82, 2.24) is 9.97 Å². The third-order valence-electron chi connectivity index (χ3n) is 2.13. The first-order valence-electron chi connectivity index (χ1n) is 5.05. The molecule has 1 heterocycles. The summed E-state index contributed by atoms with van der Waals surface area (Å²) in [4.78, 5) is 8.37.